The van der Waals surface area contributed by atoms with Crippen LogP contribution in [0.1, 0.15) is 27.7 Å². The number of hydrogen-bond donors (Lipinski definition) is 1. The highest BCUT2D eigenvalue weighted by molar-refractivity contribution is 6.44. The van der Waals surface area contributed by atoms with Crippen LogP contribution in [0.2, 0.25) is 0 Å². The highest BCUT2D eigenvalue weighted by atomic mass is 16.6. The molecule has 8 nitrogen and oxygen atoms in total. The summed E-state index contributed by atoms with van der Waals surface area (Å²) in [5.41, 5.74) is 0.719. The first-order valence-corrected chi connectivity index (χ1v) is 10.1. The Kier molecular flexibility index (Phi) is 4.89. The van der Waals surface area contributed by atoms with Crippen molar-refractivity contribution in [3.05, 3.63) is 77.7 Å². The van der Waals surface area contributed by atoms with Gasteiger partial charge < -0.3 is 23.9 Å². The number of carbonyl (C=O) groups excluding carboxylic acids is 3. The summed E-state index contributed by atoms with van der Waals surface area (Å²) in [5.74, 6) is -1.97. The summed E-state index contributed by atoms with van der Waals surface area (Å²) in [6, 6.07) is 13.4. The van der Waals surface area contributed by atoms with Crippen LogP contribution in [0.15, 0.2) is 65.3 Å². The number of amides is 1. The van der Waals surface area contributed by atoms with Gasteiger partial charge in [-0.1, -0.05) is 12.1 Å². The van der Waals surface area contributed by atoms with Crippen molar-refractivity contribution in [3.63, 3.8) is 0 Å². The van der Waals surface area contributed by atoms with Gasteiger partial charge in [0.1, 0.15) is 30.6 Å². The first-order valence-electron chi connectivity index (χ1n) is 10.1. The normalized spacial score (nSPS) is 19.9. The number of hydrogen-bond acceptors (Lipinski definition) is 7. The molecule has 5 rings (SSSR count). The summed E-state index contributed by atoms with van der Waals surface area (Å²) in [7, 11) is 0. The molecule has 32 heavy (non-hydrogen) atoms. The van der Waals surface area contributed by atoms with E-state index >= 15 is 0 Å². The number of benzene rings is 2. The van der Waals surface area contributed by atoms with Gasteiger partial charge >= 0.3 is 0 Å². The molecule has 0 bridgehead atoms. The number of Topliss-reactive ketones (excluding diaryl/α,β-unsaturated/α-hetero) is 2. The molecule has 1 amide bonds. The second-order valence-electron chi connectivity index (χ2n) is 7.62. The molecule has 2 unspecified atom stereocenters. The van der Waals surface area contributed by atoms with Crippen molar-refractivity contribution >= 4 is 17.5 Å². The standard InChI is InChI=1S/C24H19NO7/c26-16-4-1-3-14(11-16)21-20(23(28)24(29)25(21)13-17-5-2-8-30-17)22(27)15-6-7-18-19(12-15)32-10-9-31-18/h1-8,11-12,20-21,26H,9-10,13H2. The average Bonchev–Trinajstić information content (AvgIpc) is 3.41. The van der Waals surface area contributed by atoms with Crippen molar-refractivity contribution < 1.29 is 33.4 Å². The molecule has 1 N–H and O–H groups in total. The third-order valence-corrected chi connectivity index (χ3v) is 5.63. The van der Waals surface area contributed by atoms with E-state index in [0.29, 0.717) is 36.0 Å². The van der Waals surface area contributed by atoms with E-state index in [0.717, 1.165) is 0 Å². The number of phenols is 1. The minimum atomic E-state index is -1.28. The van der Waals surface area contributed by atoms with Gasteiger partial charge in [0.25, 0.3) is 5.91 Å². The molecular formula is C24H19NO7. The minimum absolute atomic E-state index is 0.0167. The molecule has 1 aromatic heterocycles. The minimum Gasteiger partial charge on any atom is -0.508 e. The van der Waals surface area contributed by atoms with Crippen LogP contribution in [-0.4, -0.2) is 40.7 Å². The number of rotatable bonds is 5. The first kappa shape index (κ1) is 19.9. The number of phenolic OH excluding ortho intramolecular Hbond substituents is 1. The maximum absolute atomic E-state index is 13.5. The van der Waals surface area contributed by atoms with Crippen LogP contribution in [0.3, 0.4) is 0 Å². The molecule has 2 aliphatic heterocycles. The van der Waals surface area contributed by atoms with Gasteiger partial charge in [-0.3, -0.25) is 14.4 Å². The van der Waals surface area contributed by atoms with Crippen molar-refractivity contribution in [3.8, 4) is 17.2 Å². The van der Waals surface area contributed by atoms with Gasteiger partial charge in [0.2, 0.25) is 5.78 Å². The van der Waals surface area contributed by atoms with Gasteiger partial charge in [-0.15, -0.1) is 0 Å². The Morgan fingerprint density at radius 3 is 2.56 bits per heavy atom. The summed E-state index contributed by atoms with van der Waals surface area (Å²) in [6.45, 7) is 0.786. The Hall–Kier alpha value is -4.07. The van der Waals surface area contributed by atoms with E-state index in [1.165, 1.54) is 29.4 Å². The van der Waals surface area contributed by atoms with Crippen LogP contribution in [0.25, 0.3) is 0 Å². The Labute approximate surface area is 183 Å². The van der Waals surface area contributed by atoms with Crippen LogP contribution < -0.4 is 9.47 Å². The quantitative estimate of drug-likeness (QED) is 0.375. The highest BCUT2D eigenvalue weighted by Crippen LogP contribution is 2.41. The lowest BCUT2D eigenvalue weighted by Crippen LogP contribution is -2.30. The number of furan rings is 1. The van der Waals surface area contributed by atoms with Gasteiger partial charge in [0.15, 0.2) is 17.3 Å². The SMILES string of the molecule is O=C1C(=O)N(Cc2ccco2)C(c2cccc(O)c2)C1C(=O)c1ccc2c(c1)OCCO2. The van der Waals surface area contributed by atoms with Crippen LogP contribution in [0.5, 0.6) is 17.2 Å². The lowest BCUT2D eigenvalue weighted by molar-refractivity contribution is -0.141. The predicted molar refractivity (Wildman–Crippen MR) is 110 cm³/mol. The monoisotopic (exact) mass is 433 g/mol. The average molecular weight is 433 g/mol. The molecule has 0 saturated carbocycles. The van der Waals surface area contributed by atoms with Crippen molar-refractivity contribution in [2.24, 2.45) is 5.92 Å². The van der Waals surface area contributed by atoms with Gasteiger partial charge in [0.05, 0.1) is 18.8 Å². The number of carbonyl (C=O) groups is 3. The number of nitrogens with zero attached hydrogens (tertiary/aromatic N) is 1. The zero-order valence-electron chi connectivity index (χ0n) is 16.9. The zero-order chi connectivity index (χ0) is 22.2. The molecule has 2 aromatic carbocycles. The predicted octanol–water partition coefficient (Wildman–Crippen LogP) is 2.91. The zero-order valence-corrected chi connectivity index (χ0v) is 16.9. The molecule has 8 heteroatoms. The molecule has 0 radical (unpaired) electrons. The van der Waals surface area contributed by atoms with Crippen molar-refractivity contribution in [2.75, 3.05) is 13.2 Å². The summed E-state index contributed by atoms with van der Waals surface area (Å²) < 4.78 is 16.4. The van der Waals surface area contributed by atoms with Crippen molar-refractivity contribution in [2.45, 2.75) is 12.6 Å². The van der Waals surface area contributed by atoms with E-state index in [2.05, 4.69) is 0 Å². The fraction of sp³-hybridized carbons (Fsp3) is 0.208. The third kappa shape index (κ3) is 3.39. The summed E-state index contributed by atoms with van der Waals surface area (Å²) in [5, 5.41) is 10.0. The van der Waals surface area contributed by atoms with E-state index in [-0.39, 0.29) is 17.9 Å². The summed E-state index contributed by atoms with van der Waals surface area (Å²) in [6.07, 6.45) is 1.47. The van der Waals surface area contributed by atoms with Crippen LogP contribution >= 0.6 is 0 Å². The number of ether oxygens (including phenoxy) is 2. The largest absolute Gasteiger partial charge is 0.508 e. The fourth-order valence-electron chi connectivity index (χ4n) is 4.18. The second kappa shape index (κ2) is 7.88. The lowest BCUT2D eigenvalue weighted by Gasteiger charge is -2.27. The maximum Gasteiger partial charge on any atom is 0.291 e. The van der Waals surface area contributed by atoms with Crippen LogP contribution in [-0.2, 0) is 16.1 Å². The maximum atomic E-state index is 13.5. The smallest absolute Gasteiger partial charge is 0.291 e. The molecule has 0 spiro atoms. The van der Waals surface area contributed by atoms with Gasteiger partial charge in [-0.25, -0.2) is 0 Å². The second-order valence-corrected chi connectivity index (χ2v) is 7.62. The molecule has 2 atom stereocenters. The summed E-state index contributed by atoms with van der Waals surface area (Å²) >= 11 is 0. The molecule has 3 heterocycles. The van der Waals surface area contributed by atoms with E-state index in [4.69, 9.17) is 13.9 Å². The Balaban J connectivity index is 1.56. The van der Waals surface area contributed by atoms with E-state index in [1.807, 2.05) is 0 Å². The fourth-order valence-corrected chi connectivity index (χ4v) is 4.18. The number of likely N-dealkylation sites (tertiary alicyclic amines) is 1. The molecule has 1 saturated heterocycles. The molecule has 3 aromatic rings. The molecule has 0 aliphatic carbocycles. The third-order valence-electron chi connectivity index (χ3n) is 5.63. The Morgan fingerprint density at radius 1 is 1.00 bits per heavy atom. The number of fused-ring (bicyclic) bond motifs is 1. The molecule has 162 valence electrons. The lowest BCUT2D eigenvalue weighted by atomic mass is 9.86. The van der Waals surface area contributed by atoms with Crippen molar-refractivity contribution in [1.29, 1.82) is 0 Å². The van der Waals surface area contributed by atoms with Gasteiger partial charge in [-0.05, 0) is 48.0 Å². The number of ketones is 2. The Bertz CT molecular complexity index is 1200. The molecule has 2 aliphatic rings. The molecular weight excluding hydrogens is 414 g/mol. The number of aromatic hydroxyl groups is 1. The highest BCUT2D eigenvalue weighted by Gasteiger charge is 2.52. The topological polar surface area (TPSA) is 106 Å². The van der Waals surface area contributed by atoms with Gasteiger partial charge in [0, 0.05) is 5.56 Å². The van der Waals surface area contributed by atoms with Crippen molar-refractivity contribution in [1.82, 2.24) is 4.90 Å². The van der Waals surface area contributed by atoms with E-state index < -0.39 is 29.4 Å². The van der Waals surface area contributed by atoms with Crippen LogP contribution in [0.4, 0.5) is 0 Å². The van der Waals surface area contributed by atoms with E-state index in [1.54, 1.807) is 36.4 Å². The van der Waals surface area contributed by atoms with Crippen LogP contribution in [0, 0.1) is 5.92 Å². The van der Waals surface area contributed by atoms with E-state index in [9.17, 15) is 19.5 Å². The molecule has 1 fully saturated rings. The first-order chi connectivity index (χ1) is 15.5. The Morgan fingerprint density at radius 2 is 1.81 bits per heavy atom. The van der Waals surface area contributed by atoms with Gasteiger partial charge in [-0.2, -0.15) is 0 Å². The summed E-state index contributed by atoms with van der Waals surface area (Å²) in [4.78, 5) is 40.8.